The summed E-state index contributed by atoms with van der Waals surface area (Å²) in [5, 5.41) is 26.6. The largest absolute Gasteiger partial charge is 0.387 e. The molecule has 7 nitrogen and oxygen atoms in total. The number of aryl methyl sites for hydroxylation is 1. The standard InChI is InChI=1S/C25H28N6O/c1-15-18(14-26)8-7-9-19(15)16(2)28-24-21-13-23(27-4)22(12-20(21)17(3)29-30-24)25(32)31-10-5-6-11-31/h7-9,12-13,16,27H,5-6,10-11H2,1-4H3,(H,28,30)/t16-/m1/s1. The molecular weight excluding hydrogens is 400 g/mol. The number of hydrogen-bond donors (Lipinski definition) is 2. The SMILES string of the molecule is CNc1cc2c(N[C@H](C)c3cccc(C#N)c3C)nnc(C)c2cc1C(=O)N1CCCC1. The number of carbonyl (C=O) groups excluding carboxylic acids is 1. The molecule has 0 spiro atoms. The average Bonchev–Trinajstić information content (AvgIpc) is 3.35. The molecule has 1 fully saturated rings. The van der Waals surface area contributed by atoms with Crippen molar-refractivity contribution in [2.45, 2.75) is 39.7 Å². The smallest absolute Gasteiger partial charge is 0.255 e. The Hall–Kier alpha value is -3.66. The summed E-state index contributed by atoms with van der Waals surface area (Å²) >= 11 is 0. The third kappa shape index (κ3) is 3.84. The van der Waals surface area contributed by atoms with E-state index >= 15 is 0 Å². The van der Waals surface area contributed by atoms with Gasteiger partial charge >= 0.3 is 0 Å². The molecule has 3 aromatic rings. The second-order valence-electron chi connectivity index (χ2n) is 8.32. The topological polar surface area (TPSA) is 93.9 Å². The molecule has 0 saturated carbocycles. The first kappa shape index (κ1) is 21.6. The average molecular weight is 429 g/mol. The van der Waals surface area contributed by atoms with Gasteiger partial charge in [0.25, 0.3) is 5.91 Å². The van der Waals surface area contributed by atoms with Gasteiger partial charge in [-0.15, -0.1) is 5.10 Å². The molecule has 1 aliphatic rings. The molecule has 2 heterocycles. The summed E-state index contributed by atoms with van der Waals surface area (Å²) in [5.74, 6) is 0.702. The number of likely N-dealkylation sites (tertiary alicyclic amines) is 1. The van der Waals surface area contributed by atoms with E-state index < -0.39 is 0 Å². The van der Waals surface area contributed by atoms with Gasteiger partial charge in [-0.3, -0.25) is 4.79 Å². The van der Waals surface area contributed by atoms with Gasteiger partial charge in [0, 0.05) is 36.6 Å². The first-order chi connectivity index (χ1) is 15.4. The Morgan fingerprint density at radius 3 is 2.59 bits per heavy atom. The van der Waals surface area contributed by atoms with Crippen LogP contribution in [0.25, 0.3) is 10.8 Å². The monoisotopic (exact) mass is 428 g/mol. The van der Waals surface area contributed by atoms with Crippen LogP contribution in [0.1, 0.15) is 58.5 Å². The quantitative estimate of drug-likeness (QED) is 0.618. The zero-order chi connectivity index (χ0) is 22.8. The number of nitrogens with zero attached hydrogens (tertiary/aromatic N) is 4. The molecule has 1 aliphatic heterocycles. The lowest BCUT2D eigenvalue weighted by molar-refractivity contribution is 0.0794. The van der Waals surface area contributed by atoms with Gasteiger partial charge in [0.2, 0.25) is 0 Å². The molecule has 2 N–H and O–H groups in total. The Kier molecular flexibility index (Phi) is 5.95. The minimum Gasteiger partial charge on any atom is -0.387 e. The number of nitrogens with one attached hydrogen (secondary N) is 2. The van der Waals surface area contributed by atoms with E-state index in [4.69, 9.17) is 0 Å². The number of anilines is 2. The zero-order valence-corrected chi connectivity index (χ0v) is 19.0. The van der Waals surface area contributed by atoms with E-state index in [-0.39, 0.29) is 11.9 Å². The van der Waals surface area contributed by atoms with Crippen molar-refractivity contribution in [2.24, 2.45) is 0 Å². The van der Waals surface area contributed by atoms with Crippen LogP contribution in [0.3, 0.4) is 0 Å². The van der Waals surface area contributed by atoms with Crippen LogP contribution in [-0.4, -0.2) is 41.1 Å². The van der Waals surface area contributed by atoms with E-state index in [0.29, 0.717) is 16.9 Å². The highest BCUT2D eigenvalue weighted by Crippen LogP contribution is 2.33. The van der Waals surface area contributed by atoms with Crippen molar-refractivity contribution in [1.82, 2.24) is 15.1 Å². The van der Waals surface area contributed by atoms with Gasteiger partial charge in [0.15, 0.2) is 5.82 Å². The van der Waals surface area contributed by atoms with Gasteiger partial charge in [0.05, 0.1) is 28.9 Å². The Bertz CT molecular complexity index is 1220. The third-order valence-corrected chi connectivity index (χ3v) is 6.31. The lowest BCUT2D eigenvalue weighted by atomic mass is 9.98. The van der Waals surface area contributed by atoms with E-state index in [1.807, 2.05) is 63.1 Å². The molecule has 1 saturated heterocycles. The number of rotatable bonds is 5. The molecular formula is C25H28N6O. The predicted molar refractivity (Wildman–Crippen MR) is 127 cm³/mol. The molecule has 2 aromatic carbocycles. The van der Waals surface area contributed by atoms with E-state index in [1.165, 1.54) is 0 Å². The number of fused-ring (bicyclic) bond motifs is 1. The Morgan fingerprint density at radius 1 is 1.16 bits per heavy atom. The van der Waals surface area contributed by atoms with Gasteiger partial charge in [-0.05, 0) is 62.9 Å². The van der Waals surface area contributed by atoms with Crippen molar-refractivity contribution >= 4 is 28.2 Å². The Balaban J connectivity index is 1.76. The summed E-state index contributed by atoms with van der Waals surface area (Å²) in [6.07, 6.45) is 2.11. The van der Waals surface area contributed by atoms with E-state index in [9.17, 15) is 10.1 Å². The minimum atomic E-state index is -0.0764. The second kappa shape index (κ2) is 8.83. The minimum absolute atomic E-state index is 0.0526. The number of aromatic nitrogens is 2. The maximum Gasteiger partial charge on any atom is 0.255 e. The fraction of sp³-hybridized carbons (Fsp3) is 0.360. The molecule has 4 rings (SSSR count). The fourth-order valence-electron chi connectivity index (χ4n) is 4.44. The Morgan fingerprint density at radius 2 is 1.91 bits per heavy atom. The summed E-state index contributed by atoms with van der Waals surface area (Å²) < 4.78 is 0. The number of carbonyl (C=O) groups is 1. The van der Waals surface area contributed by atoms with Gasteiger partial charge in [-0.1, -0.05) is 12.1 Å². The van der Waals surface area contributed by atoms with Gasteiger partial charge in [-0.2, -0.15) is 10.4 Å². The zero-order valence-electron chi connectivity index (χ0n) is 19.0. The van der Waals surface area contributed by atoms with E-state index in [1.54, 1.807) is 0 Å². The lowest BCUT2D eigenvalue weighted by Crippen LogP contribution is -2.28. The number of benzene rings is 2. The number of hydrogen-bond acceptors (Lipinski definition) is 6. The highest BCUT2D eigenvalue weighted by molar-refractivity contribution is 6.06. The maximum absolute atomic E-state index is 13.1. The van der Waals surface area contributed by atoms with Crippen molar-refractivity contribution in [3.05, 3.63) is 58.3 Å². The molecule has 0 unspecified atom stereocenters. The molecule has 1 atom stereocenters. The van der Waals surface area contributed by atoms with Crippen LogP contribution >= 0.6 is 0 Å². The number of amides is 1. The van der Waals surface area contributed by atoms with E-state index in [2.05, 4.69) is 26.9 Å². The molecule has 1 aromatic heterocycles. The Labute approximate surface area is 188 Å². The molecule has 164 valence electrons. The first-order valence-corrected chi connectivity index (χ1v) is 11.0. The highest BCUT2D eigenvalue weighted by Gasteiger charge is 2.23. The van der Waals surface area contributed by atoms with Crippen LogP contribution in [0.15, 0.2) is 30.3 Å². The summed E-state index contributed by atoms with van der Waals surface area (Å²) in [6.45, 7) is 7.52. The van der Waals surface area contributed by atoms with Crippen LogP contribution in [0.2, 0.25) is 0 Å². The van der Waals surface area contributed by atoms with Crippen LogP contribution < -0.4 is 10.6 Å². The van der Waals surface area contributed by atoms with Crippen LogP contribution in [0.4, 0.5) is 11.5 Å². The van der Waals surface area contributed by atoms with Crippen LogP contribution in [0.5, 0.6) is 0 Å². The third-order valence-electron chi connectivity index (χ3n) is 6.31. The van der Waals surface area contributed by atoms with Crippen molar-refractivity contribution in [3.63, 3.8) is 0 Å². The van der Waals surface area contributed by atoms with Crippen LogP contribution in [-0.2, 0) is 0 Å². The summed E-state index contributed by atoms with van der Waals surface area (Å²) in [7, 11) is 1.83. The second-order valence-corrected chi connectivity index (χ2v) is 8.32. The molecule has 32 heavy (non-hydrogen) atoms. The molecule has 0 radical (unpaired) electrons. The first-order valence-electron chi connectivity index (χ1n) is 11.0. The highest BCUT2D eigenvalue weighted by atomic mass is 16.2. The molecule has 0 bridgehead atoms. The normalized spacial score (nSPS) is 14.3. The predicted octanol–water partition coefficient (Wildman–Crippen LogP) is 4.57. The van der Waals surface area contributed by atoms with Gasteiger partial charge in [-0.25, -0.2) is 0 Å². The molecule has 1 amide bonds. The summed E-state index contributed by atoms with van der Waals surface area (Å²) in [5.41, 5.74) is 4.87. The fourth-order valence-corrected chi connectivity index (χ4v) is 4.44. The van der Waals surface area contributed by atoms with E-state index in [0.717, 1.165) is 59.2 Å². The number of nitriles is 1. The summed E-state index contributed by atoms with van der Waals surface area (Å²) in [6, 6.07) is 11.8. The van der Waals surface area contributed by atoms with Crippen molar-refractivity contribution in [2.75, 3.05) is 30.8 Å². The maximum atomic E-state index is 13.1. The van der Waals surface area contributed by atoms with Crippen LogP contribution in [0, 0.1) is 25.2 Å². The lowest BCUT2D eigenvalue weighted by Gasteiger charge is -2.21. The van der Waals surface area contributed by atoms with Gasteiger partial charge in [0.1, 0.15) is 0 Å². The van der Waals surface area contributed by atoms with Crippen molar-refractivity contribution in [3.8, 4) is 6.07 Å². The van der Waals surface area contributed by atoms with Gasteiger partial charge < -0.3 is 15.5 Å². The summed E-state index contributed by atoms with van der Waals surface area (Å²) in [4.78, 5) is 15.0. The molecule has 7 heteroatoms. The molecule has 0 aliphatic carbocycles. The van der Waals surface area contributed by atoms with Crippen molar-refractivity contribution in [1.29, 1.82) is 5.26 Å². The van der Waals surface area contributed by atoms with Crippen molar-refractivity contribution < 1.29 is 4.79 Å².